The predicted octanol–water partition coefficient (Wildman–Crippen LogP) is 4.88. The minimum Gasteiger partial charge on any atom is -0.309 e. The second-order valence-corrected chi connectivity index (χ2v) is 5.95. The first-order valence-electron chi connectivity index (χ1n) is 6.95. The smallest absolute Gasteiger partial charge is 0.0591 e. The van der Waals surface area contributed by atoms with Crippen molar-refractivity contribution >= 4 is 11.6 Å². The normalized spacial score (nSPS) is 12.5. The van der Waals surface area contributed by atoms with E-state index in [-0.39, 0.29) is 6.04 Å². The molecule has 1 unspecified atom stereocenters. The van der Waals surface area contributed by atoms with Gasteiger partial charge in [0.2, 0.25) is 0 Å². The molecule has 0 amide bonds. The van der Waals surface area contributed by atoms with Crippen LogP contribution in [0.1, 0.15) is 39.4 Å². The van der Waals surface area contributed by atoms with E-state index in [1.807, 2.05) is 7.05 Å². The minimum atomic E-state index is 0.127. The molecule has 0 aliphatic carbocycles. The Kier molecular flexibility index (Phi) is 4.52. The summed E-state index contributed by atoms with van der Waals surface area (Å²) in [5.74, 6) is 0. The summed E-state index contributed by atoms with van der Waals surface area (Å²) >= 11 is 6.47. The largest absolute Gasteiger partial charge is 0.309 e. The third-order valence-electron chi connectivity index (χ3n) is 3.95. The molecule has 1 nitrogen and oxygen atoms in total. The molecule has 0 bridgehead atoms. The molecule has 106 valence electrons. The third kappa shape index (κ3) is 2.89. The van der Waals surface area contributed by atoms with Crippen LogP contribution in [0.15, 0.2) is 30.3 Å². The number of halogens is 1. The number of hydrogen-bond donors (Lipinski definition) is 1. The number of benzene rings is 2. The zero-order chi connectivity index (χ0) is 14.9. The van der Waals surface area contributed by atoms with E-state index in [2.05, 4.69) is 63.3 Å². The summed E-state index contributed by atoms with van der Waals surface area (Å²) in [6.45, 7) is 8.50. The molecule has 2 rings (SSSR count). The summed E-state index contributed by atoms with van der Waals surface area (Å²) in [4.78, 5) is 0. The molecule has 1 atom stereocenters. The molecular weight excluding hydrogens is 266 g/mol. The number of nitrogens with one attached hydrogen (secondary N) is 1. The molecule has 0 aliphatic rings. The average molecular weight is 288 g/mol. The highest BCUT2D eigenvalue weighted by Gasteiger charge is 2.18. The van der Waals surface area contributed by atoms with Gasteiger partial charge in [-0.2, -0.15) is 0 Å². The molecular formula is C18H22ClN. The van der Waals surface area contributed by atoms with Crippen LogP contribution >= 0.6 is 11.6 Å². The maximum Gasteiger partial charge on any atom is 0.0591 e. The van der Waals surface area contributed by atoms with Gasteiger partial charge in [-0.3, -0.25) is 0 Å². The average Bonchev–Trinajstić information content (AvgIpc) is 2.38. The lowest BCUT2D eigenvalue weighted by molar-refractivity contribution is 0.686. The SMILES string of the molecule is CNC(c1ccc(C)cc1C)c1cc(C)c(C)cc1Cl. The fraction of sp³-hybridized carbons (Fsp3) is 0.333. The molecule has 1 N–H and O–H groups in total. The van der Waals surface area contributed by atoms with Crippen molar-refractivity contribution in [1.29, 1.82) is 0 Å². The van der Waals surface area contributed by atoms with E-state index in [1.54, 1.807) is 0 Å². The summed E-state index contributed by atoms with van der Waals surface area (Å²) in [6, 6.07) is 10.9. The molecule has 2 heteroatoms. The summed E-state index contributed by atoms with van der Waals surface area (Å²) in [7, 11) is 1.98. The zero-order valence-electron chi connectivity index (χ0n) is 12.8. The highest BCUT2D eigenvalue weighted by atomic mass is 35.5. The molecule has 0 aromatic heterocycles. The Bertz CT molecular complexity index is 632. The first kappa shape index (κ1) is 15.1. The third-order valence-corrected chi connectivity index (χ3v) is 4.28. The van der Waals surface area contributed by atoms with Crippen LogP contribution in [-0.4, -0.2) is 7.05 Å². The Morgan fingerprint density at radius 3 is 2.10 bits per heavy atom. The summed E-state index contributed by atoms with van der Waals surface area (Å²) < 4.78 is 0. The minimum absolute atomic E-state index is 0.127. The van der Waals surface area contributed by atoms with Gasteiger partial charge in [0.15, 0.2) is 0 Å². The van der Waals surface area contributed by atoms with Crippen molar-refractivity contribution in [1.82, 2.24) is 5.32 Å². The highest BCUT2D eigenvalue weighted by molar-refractivity contribution is 6.31. The van der Waals surface area contributed by atoms with Crippen molar-refractivity contribution < 1.29 is 0 Å². The molecule has 0 heterocycles. The van der Waals surface area contributed by atoms with Crippen LogP contribution in [0.3, 0.4) is 0 Å². The second kappa shape index (κ2) is 5.99. The molecule has 0 aliphatic heterocycles. The van der Waals surface area contributed by atoms with Crippen LogP contribution < -0.4 is 5.32 Å². The van der Waals surface area contributed by atoms with Gasteiger partial charge in [-0.25, -0.2) is 0 Å². The van der Waals surface area contributed by atoms with Gasteiger partial charge < -0.3 is 5.32 Å². The van der Waals surface area contributed by atoms with Crippen LogP contribution in [-0.2, 0) is 0 Å². The van der Waals surface area contributed by atoms with E-state index in [0.717, 1.165) is 10.6 Å². The summed E-state index contributed by atoms with van der Waals surface area (Å²) in [5, 5.41) is 4.22. The van der Waals surface area contributed by atoms with Crippen molar-refractivity contribution in [2.45, 2.75) is 33.7 Å². The standard InChI is InChI=1S/C18H22ClN/c1-11-6-7-15(14(4)8-11)18(20-5)16-9-12(2)13(3)10-17(16)19/h6-10,18,20H,1-5H3. The first-order valence-corrected chi connectivity index (χ1v) is 7.33. The molecule has 2 aromatic carbocycles. The van der Waals surface area contributed by atoms with Gasteiger partial charge >= 0.3 is 0 Å². The lowest BCUT2D eigenvalue weighted by Gasteiger charge is -2.22. The van der Waals surface area contributed by atoms with Gasteiger partial charge in [-0.05, 0) is 68.6 Å². The van der Waals surface area contributed by atoms with Crippen LogP contribution in [0, 0.1) is 27.7 Å². The lowest BCUT2D eigenvalue weighted by Crippen LogP contribution is -2.19. The van der Waals surface area contributed by atoms with Crippen LogP contribution in [0.25, 0.3) is 0 Å². The van der Waals surface area contributed by atoms with E-state index >= 15 is 0 Å². The van der Waals surface area contributed by atoms with Crippen LogP contribution in [0.5, 0.6) is 0 Å². The van der Waals surface area contributed by atoms with Gasteiger partial charge in [0.05, 0.1) is 6.04 Å². The highest BCUT2D eigenvalue weighted by Crippen LogP contribution is 2.32. The Morgan fingerprint density at radius 1 is 0.850 bits per heavy atom. The Labute approximate surface area is 127 Å². The van der Waals surface area contributed by atoms with E-state index in [9.17, 15) is 0 Å². The molecule has 0 spiro atoms. The second-order valence-electron chi connectivity index (χ2n) is 5.54. The van der Waals surface area contributed by atoms with Gasteiger partial charge in [0.1, 0.15) is 0 Å². The summed E-state index contributed by atoms with van der Waals surface area (Å²) in [5.41, 5.74) is 7.50. The van der Waals surface area contributed by atoms with E-state index in [4.69, 9.17) is 11.6 Å². The van der Waals surface area contributed by atoms with Crippen molar-refractivity contribution in [3.8, 4) is 0 Å². The Hall–Kier alpha value is -1.31. The van der Waals surface area contributed by atoms with Crippen LogP contribution in [0.4, 0.5) is 0 Å². The molecule has 0 saturated carbocycles. The Balaban J connectivity index is 2.55. The van der Waals surface area contributed by atoms with Crippen molar-refractivity contribution in [2.24, 2.45) is 0 Å². The van der Waals surface area contributed by atoms with E-state index in [1.165, 1.54) is 27.8 Å². The molecule has 0 radical (unpaired) electrons. The van der Waals surface area contributed by atoms with Crippen LogP contribution in [0.2, 0.25) is 5.02 Å². The maximum absolute atomic E-state index is 6.47. The fourth-order valence-electron chi connectivity index (χ4n) is 2.65. The number of rotatable bonds is 3. The quantitative estimate of drug-likeness (QED) is 0.848. The monoisotopic (exact) mass is 287 g/mol. The number of hydrogen-bond acceptors (Lipinski definition) is 1. The predicted molar refractivity (Wildman–Crippen MR) is 87.7 cm³/mol. The molecule has 0 fully saturated rings. The maximum atomic E-state index is 6.47. The molecule has 2 aromatic rings. The number of aryl methyl sites for hydroxylation is 4. The zero-order valence-corrected chi connectivity index (χ0v) is 13.6. The van der Waals surface area contributed by atoms with Gasteiger partial charge in [-0.1, -0.05) is 41.4 Å². The van der Waals surface area contributed by atoms with Gasteiger partial charge in [0, 0.05) is 5.02 Å². The fourth-order valence-corrected chi connectivity index (χ4v) is 2.98. The Morgan fingerprint density at radius 2 is 1.50 bits per heavy atom. The lowest BCUT2D eigenvalue weighted by atomic mass is 9.92. The van der Waals surface area contributed by atoms with Crippen molar-refractivity contribution in [2.75, 3.05) is 7.05 Å². The first-order chi connectivity index (χ1) is 9.43. The van der Waals surface area contributed by atoms with Crippen molar-refractivity contribution in [3.63, 3.8) is 0 Å². The van der Waals surface area contributed by atoms with E-state index in [0.29, 0.717) is 0 Å². The van der Waals surface area contributed by atoms with Crippen molar-refractivity contribution in [3.05, 3.63) is 68.7 Å². The van der Waals surface area contributed by atoms with E-state index < -0.39 is 0 Å². The van der Waals surface area contributed by atoms with Gasteiger partial charge in [-0.15, -0.1) is 0 Å². The summed E-state index contributed by atoms with van der Waals surface area (Å²) in [6.07, 6.45) is 0. The van der Waals surface area contributed by atoms with Gasteiger partial charge in [0.25, 0.3) is 0 Å². The topological polar surface area (TPSA) is 12.0 Å². The molecule has 0 saturated heterocycles. The molecule has 20 heavy (non-hydrogen) atoms.